The molecule has 0 spiro atoms. The van der Waals surface area contributed by atoms with E-state index in [1.165, 1.54) is 28.6 Å². The first kappa shape index (κ1) is 21.2. The van der Waals surface area contributed by atoms with Gasteiger partial charge in [0, 0.05) is 10.3 Å². The molecule has 158 valence electrons. The number of fused-ring (bicyclic) bond motifs is 3. The number of carbonyl (C=O) groups excluding carboxylic acids is 2. The number of amides is 1. The molecular formula is C20H22N4O3S3. The normalized spacial score (nSPS) is 15.8. The number of thioether (sulfide) groups is 1. The van der Waals surface area contributed by atoms with Gasteiger partial charge in [-0.1, -0.05) is 30.0 Å². The van der Waals surface area contributed by atoms with Crippen LogP contribution in [0.3, 0.4) is 0 Å². The van der Waals surface area contributed by atoms with Crippen LogP contribution in [0.2, 0.25) is 0 Å². The molecule has 1 aliphatic carbocycles. The number of thiazole rings is 1. The molecule has 0 bridgehead atoms. The Labute approximate surface area is 186 Å². The lowest BCUT2D eigenvalue weighted by Gasteiger charge is -2.18. The van der Waals surface area contributed by atoms with E-state index in [-0.39, 0.29) is 11.7 Å². The first-order chi connectivity index (χ1) is 14.5. The number of nitrogens with one attached hydrogen (secondary N) is 1. The predicted octanol–water partition coefficient (Wildman–Crippen LogP) is 4.49. The lowest BCUT2D eigenvalue weighted by molar-refractivity contribution is -0.113. The lowest BCUT2D eigenvalue weighted by Crippen LogP contribution is -2.14. The number of thiophene rings is 1. The highest BCUT2D eigenvalue weighted by Crippen LogP contribution is 2.40. The van der Waals surface area contributed by atoms with Crippen LogP contribution in [0.15, 0.2) is 11.4 Å². The Kier molecular flexibility index (Phi) is 6.35. The average molecular weight is 463 g/mol. The van der Waals surface area contributed by atoms with Crippen LogP contribution in [-0.2, 0) is 22.4 Å². The summed E-state index contributed by atoms with van der Waals surface area (Å²) in [7, 11) is 0. The summed E-state index contributed by atoms with van der Waals surface area (Å²) in [6.07, 6.45) is 4.88. The van der Waals surface area contributed by atoms with E-state index in [0.29, 0.717) is 28.2 Å². The summed E-state index contributed by atoms with van der Waals surface area (Å²) in [5, 5.41) is 5.14. The molecule has 4 rings (SSSR count). The van der Waals surface area contributed by atoms with Crippen molar-refractivity contribution in [2.45, 2.75) is 45.1 Å². The van der Waals surface area contributed by atoms with Crippen LogP contribution >= 0.6 is 34.4 Å². The van der Waals surface area contributed by atoms with E-state index in [0.717, 1.165) is 39.4 Å². The highest BCUT2D eigenvalue weighted by molar-refractivity contribution is 8.00. The molecule has 3 aromatic heterocycles. The molecule has 0 aromatic carbocycles. The zero-order valence-corrected chi connectivity index (χ0v) is 19.4. The number of anilines is 1. The van der Waals surface area contributed by atoms with Gasteiger partial charge in [-0.25, -0.2) is 19.7 Å². The maximum Gasteiger partial charge on any atom is 0.350 e. The molecule has 7 nitrogen and oxygen atoms in total. The molecule has 30 heavy (non-hydrogen) atoms. The van der Waals surface area contributed by atoms with E-state index >= 15 is 0 Å². The zero-order valence-electron chi connectivity index (χ0n) is 17.0. The summed E-state index contributed by atoms with van der Waals surface area (Å²) in [6, 6.07) is 0. The van der Waals surface area contributed by atoms with Gasteiger partial charge < -0.3 is 10.1 Å². The SMILES string of the molecule is CCOC(=O)c1sc(NC(=O)CSc2ncnc3sc4c(c23)CC[C@H](C)C4)nc1C. The fourth-order valence-electron chi connectivity index (χ4n) is 3.48. The quantitative estimate of drug-likeness (QED) is 0.328. The molecule has 0 radical (unpaired) electrons. The Bertz CT molecular complexity index is 1110. The van der Waals surface area contributed by atoms with Gasteiger partial charge in [0.1, 0.15) is 21.1 Å². The Hall–Kier alpha value is -2.04. The monoisotopic (exact) mass is 462 g/mol. The molecule has 1 N–H and O–H groups in total. The van der Waals surface area contributed by atoms with E-state index in [4.69, 9.17) is 4.74 Å². The van der Waals surface area contributed by atoms with Gasteiger partial charge in [0.25, 0.3) is 0 Å². The van der Waals surface area contributed by atoms with Crippen molar-refractivity contribution in [1.29, 1.82) is 0 Å². The van der Waals surface area contributed by atoms with Crippen molar-refractivity contribution in [3.05, 3.63) is 27.3 Å². The number of aromatic nitrogens is 3. The van der Waals surface area contributed by atoms with Crippen LogP contribution in [-0.4, -0.2) is 39.2 Å². The highest BCUT2D eigenvalue weighted by atomic mass is 32.2. The Morgan fingerprint density at radius 3 is 2.97 bits per heavy atom. The molecule has 1 atom stereocenters. The number of nitrogens with zero attached hydrogens (tertiary/aromatic N) is 3. The van der Waals surface area contributed by atoms with Crippen LogP contribution in [0.4, 0.5) is 5.13 Å². The molecule has 1 aliphatic rings. The molecule has 3 heterocycles. The zero-order chi connectivity index (χ0) is 21.3. The maximum atomic E-state index is 12.5. The van der Waals surface area contributed by atoms with Crippen LogP contribution in [0.5, 0.6) is 0 Å². The van der Waals surface area contributed by atoms with Gasteiger partial charge in [-0.3, -0.25) is 4.79 Å². The largest absolute Gasteiger partial charge is 0.462 e. The van der Waals surface area contributed by atoms with Crippen molar-refractivity contribution in [3.63, 3.8) is 0 Å². The summed E-state index contributed by atoms with van der Waals surface area (Å²) in [5.41, 5.74) is 1.91. The number of rotatable bonds is 6. The van der Waals surface area contributed by atoms with Gasteiger partial charge in [-0.05, 0) is 44.6 Å². The number of hydrogen-bond acceptors (Lipinski definition) is 9. The highest BCUT2D eigenvalue weighted by Gasteiger charge is 2.23. The van der Waals surface area contributed by atoms with E-state index in [2.05, 4.69) is 27.2 Å². The number of aryl methyl sites for hydroxylation is 2. The molecule has 0 saturated carbocycles. The van der Waals surface area contributed by atoms with Gasteiger partial charge >= 0.3 is 5.97 Å². The van der Waals surface area contributed by atoms with Crippen molar-refractivity contribution in [1.82, 2.24) is 15.0 Å². The smallest absolute Gasteiger partial charge is 0.350 e. The Morgan fingerprint density at radius 2 is 2.17 bits per heavy atom. The van der Waals surface area contributed by atoms with Crippen LogP contribution < -0.4 is 5.32 Å². The molecule has 1 amide bonds. The molecule has 0 aliphatic heterocycles. The topological polar surface area (TPSA) is 94.1 Å². The third-order valence-electron chi connectivity index (χ3n) is 4.90. The molecular weight excluding hydrogens is 440 g/mol. The maximum absolute atomic E-state index is 12.5. The summed E-state index contributed by atoms with van der Waals surface area (Å²) >= 11 is 4.29. The van der Waals surface area contributed by atoms with E-state index in [1.807, 2.05) is 0 Å². The van der Waals surface area contributed by atoms with Gasteiger partial charge in [0.2, 0.25) is 5.91 Å². The second-order valence-electron chi connectivity index (χ2n) is 7.20. The average Bonchev–Trinajstić information content (AvgIpc) is 3.26. The van der Waals surface area contributed by atoms with Gasteiger partial charge in [0.15, 0.2) is 5.13 Å². The van der Waals surface area contributed by atoms with Crippen LogP contribution in [0.1, 0.15) is 46.1 Å². The summed E-state index contributed by atoms with van der Waals surface area (Å²) in [6.45, 7) is 6.06. The van der Waals surface area contributed by atoms with Crippen molar-refractivity contribution in [2.75, 3.05) is 17.7 Å². The standard InChI is InChI=1S/C20H22N4O3S3/c1-4-27-19(26)16-11(3)23-20(30-16)24-14(25)8-28-17-15-12-6-5-10(2)7-13(12)29-18(15)22-9-21-17/h9-10H,4-8H2,1-3H3,(H,23,24,25)/t10-/m0/s1. The van der Waals surface area contributed by atoms with Crippen molar-refractivity contribution < 1.29 is 14.3 Å². The molecule has 10 heteroatoms. The minimum atomic E-state index is -0.415. The number of esters is 1. The van der Waals surface area contributed by atoms with E-state index in [1.54, 1.807) is 31.5 Å². The number of hydrogen-bond donors (Lipinski definition) is 1. The first-order valence-corrected chi connectivity index (χ1v) is 12.4. The fourth-order valence-corrected chi connectivity index (χ4v) is 6.60. The minimum Gasteiger partial charge on any atom is -0.462 e. The first-order valence-electron chi connectivity index (χ1n) is 9.78. The summed E-state index contributed by atoms with van der Waals surface area (Å²) in [4.78, 5) is 40.4. The minimum absolute atomic E-state index is 0.186. The predicted molar refractivity (Wildman–Crippen MR) is 121 cm³/mol. The van der Waals surface area contributed by atoms with E-state index in [9.17, 15) is 9.59 Å². The Balaban J connectivity index is 1.45. The molecule has 0 fully saturated rings. The molecule has 3 aromatic rings. The van der Waals surface area contributed by atoms with Crippen LogP contribution in [0.25, 0.3) is 10.2 Å². The van der Waals surface area contributed by atoms with Gasteiger partial charge in [-0.2, -0.15) is 0 Å². The molecule has 0 unspecified atom stereocenters. The number of carbonyl (C=O) groups is 2. The lowest BCUT2D eigenvalue weighted by atomic mass is 9.89. The van der Waals surface area contributed by atoms with Crippen molar-refractivity contribution in [2.24, 2.45) is 5.92 Å². The fraction of sp³-hybridized carbons (Fsp3) is 0.450. The van der Waals surface area contributed by atoms with Gasteiger partial charge in [0.05, 0.1) is 18.1 Å². The summed E-state index contributed by atoms with van der Waals surface area (Å²) in [5.74, 6) is 0.304. The second-order valence-corrected chi connectivity index (χ2v) is 10.2. The third kappa shape index (κ3) is 4.35. The van der Waals surface area contributed by atoms with Crippen molar-refractivity contribution in [3.8, 4) is 0 Å². The third-order valence-corrected chi connectivity index (χ3v) is 8.11. The molecule has 0 saturated heterocycles. The number of ether oxygens (including phenoxy) is 1. The van der Waals surface area contributed by atoms with Crippen molar-refractivity contribution >= 4 is 61.7 Å². The Morgan fingerprint density at radius 1 is 1.33 bits per heavy atom. The summed E-state index contributed by atoms with van der Waals surface area (Å²) < 4.78 is 5.02. The second kappa shape index (κ2) is 8.99. The van der Waals surface area contributed by atoms with E-state index < -0.39 is 5.97 Å². The van der Waals surface area contributed by atoms with Crippen LogP contribution in [0, 0.1) is 12.8 Å². The van der Waals surface area contributed by atoms with Gasteiger partial charge in [-0.15, -0.1) is 11.3 Å².